The smallest absolute Gasteiger partial charge is 0.278 e. The van der Waals surface area contributed by atoms with Crippen molar-refractivity contribution in [2.24, 2.45) is 0 Å². The van der Waals surface area contributed by atoms with Crippen LogP contribution in [-0.2, 0) is 0 Å². The number of benzene rings is 2. The molecule has 0 aliphatic carbocycles. The number of halogens is 1. The molecule has 1 aromatic heterocycles. The average molecular weight is 336 g/mol. The predicted molar refractivity (Wildman–Crippen MR) is 95.5 cm³/mol. The summed E-state index contributed by atoms with van der Waals surface area (Å²) < 4.78 is 12.9. The molecule has 0 saturated carbocycles. The molecule has 1 N–H and O–H groups in total. The standard InChI is InChI=1S/C19H17FN4O/c1-2-24(16-6-4-3-5-7-16)19(25)17-12-22-18(13-21-17)23-15-10-8-14(20)9-11-15/h3-13H,2H2,1H3,(H,22,23). The Labute approximate surface area is 145 Å². The molecule has 0 atom stereocenters. The van der Waals surface area contributed by atoms with Crippen molar-refractivity contribution in [3.63, 3.8) is 0 Å². The molecule has 3 aromatic rings. The SMILES string of the molecule is CCN(C(=O)c1cnc(Nc2ccc(F)cc2)cn1)c1ccccc1. The maximum atomic E-state index is 12.9. The molecule has 6 heteroatoms. The van der Waals surface area contributed by atoms with Crippen molar-refractivity contribution in [2.45, 2.75) is 6.92 Å². The van der Waals surface area contributed by atoms with Gasteiger partial charge in [0.2, 0.25) is 0 Å². The first-order chi connectivity index (χ1) is 12.2. The third kappa shape index (κ3) is 3.98. The van der Waals surface area contributed by atoms with Crippen molar-refractivity contribution in [2.75, 3.05) is 16.8 Å². The third-order valence-corrected chi connectivity index (χ3v) is 3.62. The molecule has 1 heterocycles. The maximum Gasteiger partial charge on any atom is 0.278 e. The minimum Gasteiger partial charge on any atom is -0.339 e. The highest BCUT2D eigenvalue weighted by Crippen LogP contribution is 2.17. The van der Waals surface area contributed by atoms with Crippen molar-refractivity contribution in [3.8, 4) is 0 Å². The fourth-order valence-electron chi connectivity index (χ4n) is 2.37. The van der Waals surface area contributed by atoms with Crippen molar-refractivity contribution < 1.29 is 9.18 Å². The molecular formula is C19H17FN4O. The van der Waals surface area contributed by atoms with Crippen LogP contribution in [0.2, 0.25) is 0 Å². The van der Waals surface area contributed by atoms with Gasteiger partial charge in [-0.05, 0) is 43.3 Å². The van der Waals surface area contributed by atoms with E-state index in [1.807, 2.05) is 37.3 Å². The second-order valence-corrected chi connectivity index (χ2v) is 5.30. The Morgan fingerprint density at radius 1 is 1.04 bits per heavy atom. The molecule has 0 aliphatic rings. The van der Waals surface area contributed by atoms with Gasteiger partial charge in [0.05, 0.1) is 12.4 Å². The molecule has 0 bridgehead atoms. The van der Waals surface area contributed by atoms with Crippen LogP contribution in [0.1, 0.15) is 17.4 Å². The van der Waals surface area contributed by atoms with Crippen molar-refractivity contribution in [3.05, 3.63) is 78.5 Å². The number of amides is 1. The number of hydrogen-bond donors (Lipinski definition) is 1. The summed E-state index contributed by atoms with van der Waals surface area (Å²) in [4.78, 5) is 22.7. The molecule has 0 unspecified atom stereocenters. The van der Waals surface area contributed by atoms with E-state index in [1.54, 1.807) is 17.0 Å². The second-order valence-electron chi connectivity index (χ2n) is 5.30. The number of aromatic nitrogens is 2. The largest absolute Gasteiger partial charge is 0.339 e. The molecule has 3 rings (SSSR count). The number of nitrogens with zero attached hydrogens (tertiary/aromatic N) is 3. The number of nitrogens with one attached hydrogen (secondary N) is 1. The van der Waals surface area contributed by atoms with Crippen LogP contribution in [-0.4, -0.2) is 22.4 Å². The first-order valence-corrected chi connectivity index (χ1v) is 7.89. The highest BCUT2D eigenvalue weighted by atomic mass is 19.1. The van der Waals surface area contributed by atoms with Gasteiger partial charge in [0.15, 0.2) is 0 Å². The quantitative estimate of drug-likeness (QED) is 0.764. The summed E-state index contributed by atoms with van der Waals surface area (Å²) in [5.41, 5.74) is 1.76. The Bertz CT molecular complexity index is 836. The van der Waals surface area contributed by atoms with Crippen LogP contribution >= 0.6 is 0 Å². The van der Waals surface area contributed by atoms with Gasteiger partial charge >= 0.3 is 0 Å². The van der Waals surface area contributed by atoms with Gasteiger partial charge in [-0.15, -0.1) is 0 Å². The Kier molecular flexibility index (Phi) is 4.99. The number of rotatable bonds is 5. The Balaban J connectivity index is 1.74. The van der Waals surface area contributed by atoms with Gasteiger partial charge in [-0.3, -0.25) is 4.79 Å². The predicted octanol–water partition coefficient (Wildman–Crippen LogP) is 4.03. The van der Waals surface area contributed by atoms with E-state index in [0.29, 0.717) is 18.1 Å². The second kappa shape index (κ2) is 7.53. The first-order valence-electron chi connectivity index (χ1n) is 7.89. The van der Waals surface area contributed by atoms with E-state index in [1.165, 1.54) is 24.5 Å². The molecule has 2 aromatic carbocycles. The molecule has 0 aliphatic heterocycles. The first kappa shape index (κ1) is 16.6. The van der Waals surface area contributed by atoms with Crippen LogP contribution in [0.4, 0.5) is 21.6 Å². The lowest BCUT2D eigenvalue weighted by atomic mass is 10.2. The summed E-state index contributed by atoms with van der Waals surface area (Å²) in [6, 6.07) is 15.3. The van der Waals surface area contributed by atoms with Crippen LogP contribution in [0, 0.1) is 5.82 Å². The molecule has 25 heavy (non-hydrogen) atoms. The van der Waals surface area contributed by atoms with E-state index >= 15 is 0 Å². The number of carbonyl (C=O) groups is 1. The Morgan fingerprint density at radius 2 is 1.76 bits per heavy atom. The molecule has 0 saturated heterocycles. The highest BCUT2D eigenvalue weighted by Gasteiger charge is 2.17. The van der Waals surface area contributed by atoms with Crippen LogP contribution in [0.3, 0.4) is 0 Å². The molecular weight excluding hydrogens is 319 g/mol. The van der Waals surface area contributed by atoms with E-state index in [2.05, 4.69) is 15.3 Å². The van der Waals surface area contributed by atoms with E-state index in [0.717, 1.165) is 5.69 Å². The number of para-hydroxylation sites is 1. The van der Waals surface area contributed by atoms with Gasteiger partial charge in [-0.2, -0.15) is 0 Å². The minimum atomic E-state index is -0.307. The Hall–Kier alpha value is -3.28. The van der Waals surface area contributed by atoms with Crippen LogP contribution in [0.5, 0.6) is 0 Å². The summed E-state index contributed by atoms with van der Waals surface area (Å²) >= 11 is 0. The number of anilines is 3. The van der Waals surface area contributed by atoms with Crippen LogP contribution < -0.4 is 10.2 Å². The summed E-state index contributed by atoms with van der Waals surface area (Å²) in [5.74, 6) is -0.0430. The molecule has 0 radical (unpaired) electrons. The monoisotopic (exact) mass is 336 g/mol. The molecule has 0 fully saturated rings. The van der Waals surface area contributed by atoms with Gasteiger partial charge in [-0.1, -0.05) is 18.2 Å². The van der Waals surface area contributed by atoms with Crippen molar-refractivity contribution in [1.82, 2.24) is 9.97 Å². The zero-order valence-corrected chi connectivity index (χ0v) is 13.7. The van der Waals surface area contributed by atoms with Gasteiger partial charge in [0.1, 0.15) is 17.3 Å². The van der Waals surface area contributed by atoms with Crippen molar-refractivity contribution >= 4 is 23.1 Å². The van der Waals surface area contributed by atoms with E-state index < -0.39 is 0 Å². The molecule has 0 spiro atoms. The summed E-state index contributed by atoms with van der Waals surface area (Å²) in [6.45, 7) is 2.43. The van der Waals surface area contributed by atoms with Gasteiger partial charge in [-0.25, -0.2) is 14.4 Å². The summed E-state index contributed by atoms with van der Waals surface area (Å²) in [7, 11) is 0. The zero-order valence-electron chi connectivity index (χ0n) is 13.7. The maximum absolute atomic E-state index is 12.9. The molecule has 1 amide bonds. The molecule has 5 nitrogen and oxygen atoms in total. The number of carbonyl (C=O) groups excluding carboxylic acids is 1. The lowest BCUT2D eigenvalue weighted by Crippen LogP contribution is -2.31. The zero-order chi connectivity index (χ0) is 17.6. The van der Waals surface area contributed by atoms with Crippen LogP contribution in [0.15, 0.2) is 67.0 Å². The van der Waals surface area contributed by atoms with E-state index in [4.69, 9.17) is 0 Å². The summed E-state index contributed by atoms with van der Waals surface area (Å²) in [6.07, 6.45) is 2.91. The van der Waals surface area contributed by atoms with Gasteiger partial charge < -0.3 is 10.2 Å². The average Bonchev–Trinajstić information content (AvgIpc) is 2.66. The minimum absolute atomic E-state index is 0.213. The molecule has 126 valence electrons. The fraction of sp³-hybridized carbons (Fsp3) is 0.105. The highest BCUT2D eigenvalue weighted by molar-refractivity contribution is 6.04. The third-order valence-electron chi connectivity index (χ3n) is 3.62. The Morgan fingerprint density at radius 3 is 2.36 bits per heavy atom. The lowest BCUT2D eigenvalue weighted by Gasteiger charge is -2.20. The van der Waals surface area contributed by atoms with Crippen molar-refractivity contribution in [1.29, 1.82) is 0 Å². The number of hydrogen-bond acceptors (Lipinski definition) is 4. The fourth-order valence-corrected chi connectivity index (χ4v) is 2.37. The lowest BCUT2D eigenvalue weighted by molar-refractivity contribution is 0.0983. The summed E-state index contributed by atoms with van der Waals surface area (Å²) in [5, 5.41) is 3.01. The topological polar surface area (TPSA) is 58.1 Å². The van der Waals surface area contributed by atoms with Crippen LogP contribution in [0.25, 0.3) is 0 Å². The van der Waals surface area contributed by atoms with Gasteiger partial charge in [0, 0.05) is 17.9 Å². The normalized spacial score (nSPS) is 10.3. The van der Waals surface area contributed by atoms with E-state index in [-0.39, 0.29) is 17.4 Å². The van der Waals surface area contributed by atoms with Gasteiger partial charge in [0.25, 0.3) is 5.91 Å². The van der Waals surface area contributed by atoms with E-state index in [9.17, 15) is 9.18 Å².